The van der Waals surface area contributed by atoms with E-state index >= 15 is 0 Å². The summed E-state index contributed by atoms with van der Waals surface area (Å²) >= 11 is 7.76. The molecule has 3 rings (SSSR count). The van der Waals surface area contributed by atoms with Crippen LogP contribution in [0.15, 0.2) is 82.6 Å². The van der Waals surface area contributed by atoms with Crippen LogP contribution >= 0.6 is 23.4 Å². The van der Waals surface area contributed by atoms with Crippen LogP contribution in [0, 0.1) is 0 Å². The lowest BCUT2D eigenvalue weighted by molar-refractivity contribution is 0.102. The van der Waals surface area contributed by atoms with Crippen molar-refractivity contribution in [2.24, 2.45) is 0 Å². The molecular weight excluding hydrogens is 416 g/mol. The lowest BCUT2D eigenvalue weighted by Gasteiger charge is -2.12. The molecule has 0 unspecified atom stereocenters. The van der Waals surface area contributed by atoms with Gasteiger partial charge in [0.1, 0.15) is 0 Å². The highest BCUT2D eigenvalue weighted by Crippen LogP contribution is 2.27. The number of carbonyl (C=O) groups is 1. The highest BCUT2D eigenvalue weighted by Gasteiger charge is 2.16. The van der Waals surface area contributed by atoms with Crippen LogP contribution in [0.1, 0.15) is 10.4 Å². The molecule has 0 aliphatic heterocycles. The van der Waals surface area contributed by atoms with Gasteiger partial charge in [-0.1, -0.05) is 41.9 Å². The van der Waals surface area contributed by atoms with E-state index in [1.54, 1.807) is 24.3 Å². The second-order valence-corrected chi connectivity index (χ2v) is 8.71. The average molecular weight is 433 g/mol. The molecule has 0 atom stereocenters. The van der Waals surface area contributed by atoms with Gasteiger partial charge in [0.25, 0.3) is 15.9 Å². The number of para-hydroxylation sites is 1. The summed E-state index contributed by atoms with van der Waals surface area (Å²) in [5.74, 6) is -0.371. The fourth-order valence-corrected chi connectivity index (χ4v) is 4.40. The largest absolute Gasteiger partial charge is 0.321 e. The predicted octanol–water partition coefficient (Wildman–Crippen LogP) is 5.12. The van der Waals surface area contributed by atoms with Gasteiger partial charge in [-0.15, -0.1) is 11.8 Å². The van der Waals surface area contributed by atoms with E-state index in [1.807, 2.05) is 24.5 Å². The molecule has 0 aliphatic rings. The molecule has 2 N–H and O–H groups in total. The number of carbonyl (C=O) groups excluding carboxylic acids is 1. The van der Waals surface area contributed by atoms with E-state index < -0.39 is 10.0 Å². The molecule has 144 valence electrons. The second kappa shape index (κ2) is 8.68. The van der Waals surface area contributed by atoms with Crippen LogP contribution in [-0.4, -0.2) is 20.6 Å². The normalized spacial score (nSPS) is 11.1. The monoisotopic (exact) mass is 432 g/mol. The van der Waals surface area contributed by atoms with E-state index in [0.717, 1.165) is 4.90 Å². The van der Waals surface area contributed by atoms with Gasteiger partial charge in [0, 0.05) is 4.90 Å². The van der Waals surface area contributed by atoms with Crippen molar-refractivity contribution in [3.63, 3.8) is 0 Å². The summed E-state index contributed by atoms with van der Waals surface area (Å²) in [5.41, 5.74) is 1.21. The molecule has 0 spiro atoms. The molecule has 0 saturated carbocycles. The number of benzene rings is 3. The maximum atomic E-state index is 12.6. The number of hydrogen-bond donors (Lipinski definition) is 2. The fourth-order valence-electron chi connectivity index (χ4n) is 2.51. The van der Waals surface area contributed by atoms with Gasteiger partial charge in [0.05, 0.1) is 26.9 Å². The zero-order chi connectivity index (χ0) is 20.1. The number of sulfonamides is 1. The Morgan fingerprint density at radius 2 is 1.64 bits per heavy atom. The van der Waals surface area contributed by atoms with Crippen molar-refractivity contribution in [3.8, 4) is 0 Å². The van der Waals surface area contributed by atoms with Crippen molar-refractivity contribution in [1.82, 2.24) is 0 Å². The lowest BCUT2D eigenvalue weighted by Crippen LogP contribution is -2.15. The van der Waals surface area contributed by atoms with Crippen molar-refractivity contribution < 1.29 is 13.2 Å². The van der Waals surface area contributed by atoms with Crippen LogP contribution in [0.4, 0.5) is 11.4 Å². The van der Waals surface area contributed by atoms with E-state index in [-0.39, 0.29) is 27.1 Å². The third-order valence-corrected chi connectivity index (χ3v) is 6.38. The Morgan fingerprint density at radius 3 is 2.32 bits per heavy atom. The minimum absolute atomic E-state index is 0.140. The number of thioether (sulfide) groups is 1. The first-order chi connectivity index (χ1) is 13.4. The first-order valence-corrected chi connectivity index (χ1v) is 11.3. The molecule has 0 saturated heterocycles. The SMILES string of the molecule is CSc1ccccc1NC(=O)c1ccc(NS(=O)(=O)c2ccccc2)cc1Cl. The van der Waals surface area contributed by atoms with Crippen LogP contribution in [0.25, 0.3) is 0 Å². The number of nitrogens with one attached hydrogen (secondary N) is 2. The molecule has 0 radical (unpaired) electrons. The average Bonchev–Trinajstić information content (AvgIpc) is 2.69. The summed E-state index contributed by atoms with van der Waals surface area (Å²) in [4.78, 5) is 13.6. The Bertz CT molecular complexity index is 1100. The fraction of sp³-hybridized carbons (Fsp3) is 0.0500. The summed E-state index contributed by atoms with van der Waals surface area (Å²) in [5, 5.41) is 2.97. The highest BCUT2D eigenvalue weighted by molar-refractivity contribution is 7.98. The van der Waals surface area contributed by atoms with E-state index in [4.69, 9.17) is 11.6 Å². The maximum Gasteiger partial charge on any atom is 0.261 e. The zero-order valence-corrected chi connectivity index (χ0v) is 17.2. The minimum atomic E-state index is -3.73. The van der Waals surface area contributed by atoms with E-state index in [9.17, 15) is 13.2 Å². The Labute approximate surface area is 173 Å². The summed E-state index contributed by atoms with van der Waals surface area (Å²) in [7, 11) is -3.73. The Balaban J connectivity index is 1.80. The topological polar surface area (TPSA) is 75.3 Å². The molecular formula is C20H17ClN2O3S2. The van der Waals surface area contributed by atoms with Crippen LogP contribution in [0.2, 0.25) is 5.02 Å². The molecule has 1 amide bonds. The molecule has 0 aromatic heterocycles. The third-order valence-electron chi connectivity index (χ3n) is 3.87. The lowest BCUT2D eigenvalue weighted by atomic mass is 10.2. The smallest absolute Gasteiger partial charge is 0.261 e. The highest BCUT2D eigenvalue weighted by atomic mass is 35.5. The molecule has 0 heterocycles. The molecule has 0 aliphatic carbocycles. The van der Waals surface area contributed by atoms with Gasteiger partial charge in [-0.3, -0.25) is 9.52 Å². The van der Waals surface area contributed by atoms with Gasteiger partial charge >= 0.3 is 0 Å². The van der Waals surface area contributed by atoms with Gasteiger partial charge in [0.2, 0.25) is 0 Å². The van der Waals surface area contributed by atoms with E-state index in [1.165, 1.54) is 42.1 Å². The summed E-state index contributed by atoms with van der Waals surface area (Å²) < 4.78 is 27.3. The van der Waals surface area contributed by atoms with Crippen molar-refractivity contribution in [1.29, 1.82) is 0 Å². The summed E-state index contributed by atoms with van der Waals surface area (Å²) in [6, 6.07) is 19.8. The van der Waals surface area contributed by atoms with Gasteiger partial charge in [-0.2, -0.15) is 0 Å². The summed E-state index contributed by atoms with van der Waals surface area (Å²) in [6.07, 6.45) is 1.92. The van der Waals surface area contributed by atoms with Gasteiger partial charge < -0.3 is 5.32 Å². The first-order valence-electron chi connectivity index (χ1n) is 8.22. The Hall–Kier alpha value is -2.48. The number of anilines is 2. The van der Waals surface area contributed by atoms with Crippen LogP contribution in [-0.2, 0) is 10.0 Å². The zero-order valence-electron chi connectivity index (χ0n) is 14.8. The van der Waals surface area contributed by atoms with E-state index in [2.05, 4.69) is 10.0 Å². The molecule has 0 bridgehead atoms. The second-order valence-electron chi connectivity index (χ2n) is 5.77. The number of amides is 1. The van der Waals surface area contributed by atoms with Gasteiger partial charge in [0.15, 0.2) is 0 Å². The molecule has 5 nitrogen and oxygen atoms in total. The van der Waals surface area contributed by atoms with Crippen LogP contribution < -0.4 is 10.0 Å². The maximum absolute atomic E-state index is 12.6. The molecule has 8 heteroatoms. The number of rotatable bonds is 6. The predicted molar refractivity (Wildman–Crippen MR) is 115 cm³/mol. The van der Waals surface area contributed by atoms with Crippen molar-refractivity contribution in [2.75, 3.05) is 16.3 Å². The Morgan fingerprint density at radius 1 is 0.964 bits per heavy atom. The molecule has 3 aromatic rings. The first kappa shape index (κ1) is 20.3. The Kier molecular flexibility index (Phi) is 6.28. The number of hydrogen-bond acceptors (Lipinski definition) is 4. The third kappa shape index (κ3) is 4.67. The van der Waals surface area contributed by atoms with Crippen LogP contribution in [0.5, 0.6) is 0 Å². The van der Waals surface area contributed by atoms with Gasteiger partial charge in [-0.25, -0.2) is 8.42 Å². The molecule has 28 heavy (non-hydrogen) atoms. The van der Waals surface area contributed by atoms with Crippen LogP contribution in [0.3, 0.4) is 0 Å². The van der Waals surface area contributed by atoms with Crippen molar-refractivity contribution in [3.05, 3.63) is 83.4 Å². The quantitative estimate of drug-likeness (QED) is 0.530. The van der Waals surface area contributed by atoms with Crippen molar-refractivity contribution in [2.45, 2.75) is 9.79 Å². The van der Waals surface area contributed by atoms with E-state index in [0.29, 0.717) is 5.69 Å². The minimum Gasteiger partial charge on any atom is -0.321 e. The summed E-state index contributed by atoms with van der Waals surface area (Å²) in [6.45, 7) is 0. The van der Waals surface area contributed by atoms with Crippen molar-refractivity contribution >= 4 is 50.7 Å². The van der Waals surface area contributed by atoms with Gasteiger partial charge in [-0.05, 0) is 48.7 Å². The molecule has 0 fully saturated rings. The molecule has 3 aromatic carbocycles. The number of halogens is 1. The standard InChI is InChI=1S/C20H17ClN2O3S2/c1-27-19-10-6-5-9-18(19)22-20(24)16-12-11-14(13-17(16)21)23-28(25,26)15-7-3-2-4-8-15/h2-13,23H,1H3,(H,22,24).